The number of benzene rings is 1. The molecule has 1 fully saturated rings. The number of rotatable bonds is 5. The highest BCUT2D eigenvalue weighted by atomic mass is 16.3. The number of aryl methyl sites for hydroxylation is 2. The Balaban J connectivity index is 1.85. The second-order valence-electron chi connectivity index (χ2n) is 6.40. The Morgan fingerprint density at radius 2 is 1.95 bits per heavy atom. The van der Waals surface area contributed by atoms with Gasteiger partial charge in [0, 0.05) is 13.2 Å². The molecule has 116 valence electrons. The quantitative estimate of drug-likeness (QED) is 0.875. The Morgan fingerprint density at radius 1 is 1.24 bits per heavy atom. The molecule has 1 saturated carbocycles. The van der Waals surface area contributed by atoms with Crippen LogP contribution in [0.5, 0.6) is 0 Å². The Morgan fingerprint density at radius 3 is 2.67 bits per heavy atom. The lowest BCUT2D eigenvalue weighted by atomic mass is 9.79. The number of carbonyl (C=O) groups excluding carboxylic acids is 1. The first-order chi connectivity index (χ1) is 10.1. The second kappa shape index (κ2) is 7.60. The Labute approximate surface area is 127 Å². The molecular weight excluding hydrogens is 262 g/mol. The molecule has 0 heterocycles. The van der Waals surface area contributed by atoms with Crippen LogP contribution in [0.4, 0.5) is 0 Å². The minimum Gasteiger partial charge on any atom is -0.396 e. The normalized spacial score (nSPS) is 22.0. The van der Waals surface area contributed by atoms with Crippen LogP contribution in [0.2, 0.25) is 0 Å². The molecule has 3 nitrogen and oxygen atoms in total. The average molecular weight is 289 g/mol. The summed E-state index contributed by atoms with van der Waals surface area (Å²) in [5.41, 5.74) is 3.47. The summed E-state index contributed by atoms with van der Waals surface area (Å²) in [6, 6.07) is 6.23. The van der Waals surface area contributed by atoms with Crippen molar-refractivity contribution in [1.29, 1.82) is 0 Å². The molecule has 2 atom stereocenters. The van der Waals surface area contributed by atoms with Crippen molar-refractivity contribution >= 4 is 5.91 Å². The lowest BCUT2D eigenvalue weighted by Gasteiger charge is -2.30. The number of aliphatic hydroxyl groups excluding tert-OH is 1. The van der Waals surface area contributed by atoms with Crippen molar-refractivity contribution in [2.45, 2.75) is 46.0 Å². The van der Waals surface area contributed by atoms with Crippen LogP contribution in [0.15, 0.2) is 18.2 Å². The standard InChI is InChI=1S/C18H27NO2/c1-13-7-8-14(2)17(9-13)10-18(21)19-11-15-5-3-4-6-16(15)12-20/h7-9,15-16,20H,3-6,10-12H2,1-2H3,(H,19,21). The van der Waals surface area contributed by atoms with E-state index in [0.29, 0.717) is 24.8 Å². The number of carbonyl (C=O) groups is 1. The molecule has 1 aromatic rings. The first kappa shape index (κ1) is 16.0. The smallest absolute Gasteiger partial charge is 0.224 e. The molecule has 2 N–H and O–H groups in total. The number of hydrogen-bond acceptors (Lipinski definition) is 2. The number of amides is 1. The van der Waals surface area contributed by atoms with Gasteiger partial charge in [-0.1, -0.05) is 36.6 Å². The van der Waals surface area contributed by atoms with Gasteiger partial charge in [0.15, 0.2) is 0 Å². The zero-order valence-electron chi connectivity index (χ0n) is 13.2. The van der Waals surface area contributed by atoms with Gasteiger partial charge in [0.05, 0.1) is 6.42 Å². The van der Waals surface area contributed by atoms with E-state index in [1.165, 1.54) is 24.0 Å². The number of nitrogens with one attached hydrogen (secondary N) is 1. The maximum Gasteiger partial charge on any atom is 0.224 e. The highest BCUT2D eigenvalue weighted by molar-refractivity contribution is 5.79. The van der Waals surface area contributed by atoms with Gasteiger partial charge < -0.3 is 10.4 Å². The Kier molecular flexibility index (Phi) is 5.80. The summed E-state index contributed by atoms with van der Waals surface area (Å²) in [6.07, 6.45) is 5.08. The lowest BCUT2D eigenvalue weighted by Crippen LogP contribution is -2.36. The van der Waals surface area contributed by atoms with E-state index in [9.17, 15) is 9.90 Å². The van der Waals surface area contributed by atoms with Crippen LogP contribution in [0.25, 0.3) is 0 Å². The molecule has 0 radical (unpaired) electrons. The molecule has 1 aliphatic rings. The summed E-state index contributed by atoms with van der Waals surface area (Å²) < 4.78 is 0. The van der Waals surface area contributed by atoms with Crippen molar-refractivity contribution in [3.63, 3.8) is 0 Å². The van der Waals surface area contributed by atoms with Crippen molar-refractivity contribution in [3.05, 3.63) is 34.9 Å². The van der Waals surface area contributed by atoms with E-state index in [-0.39, 0.29) is 12.5 Å². The maximum absolute atomic E-state index is 12.1. The Bertz CT molecular complexity index is 484. The van der Waals surface area contributed by atoms with Crippen molar-refractivity contribution in [2.24, 2.45) is 11.8 Å². The first-order valence-corrected chi connectivity index (χ1v) is 8.04. The molecule has 0 aromatic heterocycles. The van der Waals surface area contributed by atoms with Gasteiger partial charge in [-0.2, -0.15) is 0 Å². The highest BCUT2D eigenvalue weighted by Crippen LogP contribution is 2.29. The van der Waals surface area contributed by atoms with Gasteiger partial charge in [-0.05, 0) is 49.7 Å². The minimum atomic E-state index is 0.0889. The average Bonchev–Trinajstić information content (AvgIpc) is 2.49. The number of aliphatic hydroxyl groups is 1. The summed E-state index contributed by atoms with van der Waals surface area (Å²) >= 11 is 0. The summed E-state index contributed by atoms with van der Waals surface area (Å²) in [4.78, 5) is 12.1. The van der Waals surface area contributed by atoms with E-state index >= 15 is 0 Å². The van der Waals surface area contributed by atoms with Crippen LogP contribution in [0.3, 0.4) is 0 Å². The zero-order valence-corrected chi connectivity index (χ0v) is 13.2. The van der Waals surface area contributed by atoms with Crippen molar-refractivity contribution < 1.29 is 9.90 Å². The molecule has 2 unspecified atom stereocenters. The van der Waals surface area contributed by atoms with Gasteiger partial charge in [-0.15, -0.1) is 0 Å². The summed E-state index contributed by atoms with van der Waals surface area (Å²) in [7, 11) is 0. The van der Waals surface area contributed by atoms with Gasteiger partial charge in [-0.3, -0.25) is 4.79 Å². The SMILES string of the molecule is Cc1ccc(C)c(CC(=O)NCC2CCCCC2CO)c1. The summed E-state index contributed by atoms with van der Waals surface area (Å²) in [6.45, 7) is 5.05. The molecule has 0 bridgehead atoms. The van der Waals surface area contributed by atoms with E-state index in [2.05, 4.69) is 30.4 Å². The third-order valence-electron chi connectivity index (χ3n) is 4.72. The van der Waals surface area contributed by atoms with E-state index in [1.54, 1.807) is 0 Å². The molecule has 1 amide bonds. The third-order valence-corrected chi connectivity index (χ3v) is 4.72. The largest absolute Gasteiger partial charge is 0.396 e. The number of hydrogen-bond donors (Lipinski definition) is 2. The molecule has 2 rings (SSSR count). The van der Waals surface area contributed by atoms with Crippen LogP contribution >= 0.6 is 0 Å². The molecule has 0 spiro atoms. The van der Waals surface area contributed by atoms with Crippen molar-refractivity contribution in [3.8, 4) is 0 Å². The first-order valence-electron chi connectivity index (χ1n) is 8.04. The molecule has 0 saturated heterocycles. The van der Waals surface area contributed by atoms with Crippen LogP contribution in [-0.2, 0) is 11.2 Å². The topological polar surface area (TPSA) is 49.3 Å². The predicted octanol–water partition coefficient (Wildman–Crippen LogP) is 2.76. The molecule has 0 aliphatic heterocycles. The molecule has 21 heavy (non-hydrogen) atoms. The van der Waals surface area contributed by atoms with Crippen LogP contribution in [0, 0.1) is 25.7 Å². The molecule has 1 aliphatic carbocycles. The summed E-state index contributed by atoms with van der Waals surface area (Å²) in [5.74, 6) is 0.886. The van der Waals surface area contributed by atoms with Gasteiger partial charge in [0.1, 0.15) is 0 Å². The monoisotopic (exact) mass is 289 g/mol. The second-order valence-corrected chi connectivity index (χ2v) is 6.40. The van der Waals surface area contributed by atoms with Crippen LogP contribution in [0.1, 0.15) is 42.4 Å². The summed E-state index contributed by atoms with van der Waals surface area (Å²) in [5, 5.41) is 12.5. The minimum absolute atomic E-state index is 0.0889. The molecule has 1 aromatic carbocycles. The fraction of sp³-hybridized carbons (Fsp3) is 0.611. The maximum atomic E-state index is 12.1. The van der Waals surface area contributed by atoms with Gasteiger partial charge >= 0.3 is 0 Å². The van der Waals surface area contributed by atoms with Crippen molar-refractivity contribution in [2.75, 3.05) is 13.2 Å². The van der Waals surface area contributed by atoms with E-state index in [0.717, 1.165) is 18.4 Å². The van der Waals surface area contributed by atoms with E-state index in [1.807, 2.05) is 6.92 Å². The van der Waals surface area contributed by atoms with Crippen molar-refractivity contribution in [1.82, 2.24) is 5.32 Å². The van der Waals surface area contributed by atoms with E-state index in [4.69, 9.17) is 0 Å². The molecular formula is C18H27NO2. The fourth-order valence-electron chi connectivity index (χ4n) is 3.26. The van der Waals surface area contributed by atoms with E-state index < -0.39 is 0 Å². The molecule has 3 heteroatoms. The fourth-order valence-corrected chi connectivity index (χ4v) is 3.26. The Hall–Kier alpha value is -1.35. The predicted molar refractivity (Wildman–Crippen MR) is 85.2 cm³/mol. The van der Waals surface area contributed by atoms with Crippen LogP contribution < -0.4 is 5.32 Å². The lowest BCUT2D eigenvalue weighted by molar-refractivity contribution is -0.120. The zero-order chi connectivity index (χ0) is 15.2. The van der Waals surface area contributed by atoms with Crippen LogP contribution in [-0.4, -0.2) is 24.2 Å². The highest BCUT2D eigenvalue weighted by Gasteiger charge is 2.24. The third kappa shape index (κ3) is 4.57. The van der Waals surface area contributed by atoms with Gasteiger partial charge in [0.25, 0.3) is 0 Å². The van der Waals surface area contributed by atoms with Gasteiger partial charge in [-0.25, -0.2) is 0 Å². The van der Waals surface area contributed by atoms with Gasteiger partial charge in [0.2, 0.25) is 5.91 Å².